The second kappa shape index (κ2) is 11.5. The summed E-state index contributed by atoms with van der Waals surface area (Å²) in [6.45, 7) is 4.84. The predicted molar refractivity (Wildman–Crippen MR) is 126 cm³/mol. The van der Waals surface area contributed by atoms with Crippen molar-refractivity contribution in [2.75, 3.05) is 6.54 Å². The van der Waals surface area contributed by atoms with Crippen LogP contribution in [0.15, 0.2) is 47.5 Å². The number of aromatic nitrogens is 2. The van der Waals surface area contributed by atoms with Gasteiger partial charge in [-0.2, -0.15) is 5.10 Å². The first kappa shape index (κ1) is 25.8. The minimum absolute atomic E-state index is 0.0263. The van der Waals surface area contributed by atoms with Crippen molar-refractivity contribution in [1.29, 1.82) is 0 Å². The van der Waals surface area contributed by atoms with Crippen LogP contribution in [0.4, 0.5) is 0 Å². The second-order valence-electron chi connectivity index (χ2n) is 9.09. The third-order valence-corrected chi connectivity index (χ3v) is 7.23. The van der Waals surface area contributed by atoms with E-state index in [4.69, 9.17) is 0 Å². The molecule has 10 heteroatoms. The summed E-state index contributed by atoms with van der Waals surface area (Å²) in [6.07, 6.45) is 3.48. The van der Waals surface area contributed by atoms with E-state index in [1.165, 1.54) is 12.1 Å². The summed E-state index contributed by atoms with van der Waals surface area (Å²) >= 11 is 0. The van der Waals surface area contributed by atoms with Crippen LogP contribution in [-0.4, -0.2) is 48.3 Å². The number of hydrogen-bond donors (Lipinski definition) is 2. The minimum atomic E-state index is -3.93. The van der Waals surface area contributed by atoms with Gasteiger partial charge >= 0.3 is 0 Å². The smallest absolute Gasteiger partial charge is 0.287 e. The average Bonchev–Trinajstić information content (AvgIpc) is 3.24. The first-order chi connectivity index (χ1) is 16.2. The van der Waals surface area contributed by atoms with Crippen molar-refractivity contribution < 1.29 is 22.8 Å². The maximum Gasteiger partial charge on any atom is 0.287 e. The van der Waals surface area contributed by atoms with E-state index in [0.29, 0.717) is 25.2 Å². The molecule has 0 aliphatic carbocycles. The molecule has 1 aromatic heterocycles. The largest absolute Gasteiger partial charge is 0.349 e. The molecule has 9 nitrogen and oxygen atoms in total. The highest BCUT2D eigenvalue weighted by Gasteiger charge is 2.33. The predicted octanol–water partition coefficient (Wildman–Crippen LogP) is 1.87. The molecular formula is C24H32N4O5S. The number of nitrogens with one attached hydrogen (secondary N) is 2. The molecule has 2 N–H and O–H groups in total. The number of ketones is 2. The maximum atomic E-state index is 13.3. The molecule has 2 bridgehead atoms. The van der Waals surface area contributed by atoms with Gasteiger partial charge in [-0.3, -0.25) is 19.1 Å². The van der Waals surface area contributed by atoms with E-state index < -0.39 is 39.5 Å². The number of rotatable bonds is 8. The summed E-state index contributed by atoms with van der Waals surface area (Å²) in [5.41, 5.74) is 0.616. The number of amides is 1. The Kier molecular flexibility index (Phi) is 8.73. The Morgan fingerprint density at radius 3 is 2.62 bits per heavy atom. The van der Waals surface area contributed by atoms with E-state index >= 15 is 0 Å². The van der Waals surface area contributed by atoms with E-state index in [-0.39, 0.29) is 30.1 Å². The van der Waals surface area contributed by atoms with Crippen LogP contribution in [0.3, 0.4) is 0 Å². The fourth-order valence-electron chi connectivity index (χ4n) is 3.98. The summed E-state index contributed by atoms with van der Waals surface area (Å²) in [5, 5.41) is 7.10. The van der Waals surface area contributed by atoms with Crippen molar-refractivity contribution in [1.82, 2.24) is 19.8 Å². The Labute approximate surface area is 200 Å². The molecule has 0 saturated carbocycles. The van der Waals surface area contributed by atoms with Crippen LogP contribution in [-0.2, 0) is 37.4 Å². The standard InChI is InChI=1S/C24H32N4O5S/c1-17(2)14-21(27-34(32,33)20-8-4-3-5-9-20)22(29)16-18-15-19-10-13-28(26-19)12-7-6-11-25-24(31)23(18)30/h3-5,8-10,13,17-18,21,27H,6-7,11-12,14-16H2,1-2H3,(H,25,31). The minimum Gasteiger partial charge on any atom is -0.349 e. The SMILES string of the molecule is CC(C)CC(NS(=O)(=O)c1ccccc1)C(=O)CC1Cc2ccn(n2)CCCCNC(=O)C1=O. The summed E-state index contributed by atoms with van der Waals surface area (Å²) in [5.74, 6) is -2.73. The van der Waals surface area contributed by atoms with Crippen LogP contribution < -0.4 is 10.0 Å². The third-order valence-electron chi connectivity index (χ3n) is 5.74. The van der Waals surface area contributed by atoms with Crippen molar-refractivity contribution >= 4 is 27.5 Å². The number of Topliss-reactive ketones (excluding diaryl/α,β-unsaturated/α-hetero) is 2. The zero-order valence-electron chi connectivity index (χ0n) is 19.6. The van der Waals surface area contributed by atoms with Gasteiger partial charge < -0.3 is 5.32 Å². The Hall–Kier alpha value is -2.85. The Morgan fingerprint density at radius 1 is 1.18 bits per heavy atom. The highest BCUT2D eigenvalue weighted by molar-refractivity contribution is 7.89. The molecule has 1 aromatic carbocycles. The van der Waals surface area contributed by atoms with Crippen molar-refractivity contribution in [2.45, 2.75) is 63.4 Å². The maximum absolute atomic E-state index is 13.3. The molecule has 2 aromatic rings. The highest BCUT2D eigenvalue weighted by Crippen LogP contribution is 2.19. The first-order valence-electron chi connectivity index (χ1n) is 11.6. The van der Waals surface area contributed by atoms with Gasteiger partial charge in [0.15, 0.2) is 5.78 Å². The molecule has 0 spiro atoms. The number of aryl methyl sites for hydroxylation is 1. The monoisotopic (exact) mass is 488 g/mol. The third kappa shape index (κ3) is 7.07. The molecule has 1 amide bonds. The zero-order valence-corrected chi connectivity index (χ0v) is 20.4. The summed E-state index contributed by atoms with van der Waals surface area (Å²) in [7, 11) is -3.93. The molecule has 3 rings (SSSR count). The normalized spacial score (nSPS) is 18.6. The van der Waals surface area contributed by atoms with Crippen LogP contribution in [0.2, 0.25) is 0 Å². The van der Waals surface area contributed by atoms with Gasteiger partial charge in [0.2, 0.25) is 15.8 Å². The molecule has 2 heterocycles. The van der Waals surface area contributed by atoms with Crippen molar-refractivity contribution in [3.05, 3.63) is 48.3 Å². The zero-order chi connectivity index (χ0) is 24.7. The number of carbonyl (C=O) groups is 3. The van der Waals surface area contributed by atoms with Gasteiger partial charge in [-0.25, -0.2) is 13.1 Å². The van der Waals surface area contributed by atoms with Crippen molar-refractivity contribution in [3.8, 4) is 0 Å². The van der Waals surface area contributed by atoms with Gasteiger partial charge in [0.25, 0.3) is 5.91 Å². The number of benzene rings is 1. The van der Waals surface area contributed by atoms with Crippen molar-refractivity contribution in [2.24, 2.45) is 11.8 Å². The lowest BCUT2D eigenvalue weighted by Crippen LogP contribution is -2.44. The Morgan fingerprint density at radius 2 is 1.91 bits per heavy atom. The lowest BCUT2D eigenvalue weighted by molar-refractivity contribution is -0.141. The van der Waals surface area contributed by atoms with Gasteiger partial charge in [0.05, 0.1) is 16.6 Å². The van der Waals surface area contributed by atoms with E-state index in [0.717, 1.165) is 6.42 Å². The number of fused-ring (bicyclic) bond motifs is 2. The Balaban J connectivity index is 1.82. The van der Waals surface area contributed by atoms with E-state index in [9.17, 15) is 22.8 Å². The lowest BCUT2D eigenvalue weighted by Gasteiger charge is -2.22. The quantitative estimate of drug-likeness (QED) is 0.546. The van der Waals surface area contributed by atoms with Crippen LogP contribution in [0.1, 0.15) is 45.2 Å². The molecule has 1 aliphatic rings. The molecular weight excluding hydrogens is 456 g/mol. The summed E-state index contributed by atoms with van der Waals surface area (Å²) in [6, 6.07) is 8.60. The van der Waals surface area contributed by atoms with Gasteiger partial charge in [0, 0.05) is 38.0 Å². The number of sulfonamides is 1. The van der Waals surface area contributed by atoms with E-state index in [1.54, 1.807) is 28.9 Å². The molecule has 1 aliphatic heterocycles. The second-order valence-corrected chi connectivity index (χ2v) is 10.8. The number of nitrogens with zero attached hydrogens (tertiary/aromatic N) is 2. The molecule has 34 heavy (non-hydrogen) atoms. The van der Waals surface area contributed by atoms with Gasteiger partial charge in [-0.05, 0) is 43.4 Å². The van der Waals surface area contributed by atoms with E-state index in [1.807, 2.05) is 20.0 Å². The molecule has 0 saturated heterocycles. The molecule has 0 fully saturated rings. The van der Waals surface area contributed by atoms with Crippen LogP contribution in [0.5, 0.6) is 0 Å². The summed E-state index contributed by atoms with van der Waals surface area (Å²) < 4.78 is 30.0. The van der Waals surface area contributed by atoms with Gasteiger partial charge in [-0.1, -0.05) is 32.0 Å². The molecule has 2 unspecified atom stereocenters. The van der Waals surface area contributed by atoms with E-state index in [2.05, 4.69) is 15.1 Å². The van der Waals surface area contributed by atoms with Gasteiger partial charge in [-0.15, -0.1) is 0 Å². The average molecular weight is 489 g/mol. The van der Waals surface area contributed by atoms with Gasteiger partial charge in [0.1, 0.15) is 0 Å². The van der Waals surface area contributed by atoms with Crippen LogP contribution in [0.25, 0.3) is 0 Å². The number of hydrogen-bond acceptors (Lipinski definition) is 6. The molecule has 0 radical (unpaired) electrons. The fraction of sp³-hybridized carbons (Fsp3) is 0.500. The van der Waals surface area contributed by atoms with Crippen LogP contribution >= 0.6 is 0 Å². The number of carbonyl (C=O) groups excluding carboxylic acids is 3. The van der Waals surface area contributed by atoms with Crippen molar-refractivity contribution in [3.63, 3.8) is 0 Å². The Bertz CT molecular complexity index is 1110. The molecule has 184 valence electrons. The molecule has 2 atom stereocenters. The topological polar surface area (TPSA) is 127 Å². The first-order valence-corrected chi connectivity index (χ1v) is 13.1. The lowest BCUT2D eigenvalue weighted by atomic mass is 9.88. The highest BCUT2D eigenvalue weighted by atomic mass is 32.2. The summed E-state index contributed by atoms with van der Waals surface area (Å²) in [4.78, 5) is 38.7. The fourth-order valence-corrected chi connectivity index (χ4v) is 5.23. The van der Waals surface area contributed by atoms with Crippen LogP contribution in [0, 0.1) is 11.8 Å².